The van der Waals surface area contributed by atoms with Crippen molar-refractivity contribution in [2.75, 3.05) is 11.9 Å². The van der Waals surface area contributed by atoms with Crippen molar-refractivity contribution in [1.82, 2.24) is 10.3 Å². The van der Waals surface area contributed by atoms with E-state index in [1.807, 2.05) is 24.3 Å². The number of aryl methyl sites for hydroxylation is 1. The summed E-state index contributed by atoms with van der Waals surface area (Å²) in [4.78, 5) is 16.3. The molecule has 0 aliphatic rings. The molecule has 2 heterocycles. The van der Waals surface area contributed by atoms with E-state index in [1.165, 1.54) is 11.3 Å². The highest BCUT2D eigenvalue weighted by molar-refractivity contribution is 7.22. The Kier molecular flexibility index (Phi) is 4.06. The lowest BCUT2D eigenvalue weighted by molar-refractivity contribution is 0.0364. The van der Waals surface area contributed by atoms with E-state index in [-0.39, 0.29) is 6.54 Å². The maximum absolute atomic E-state index is 12.0. The van der Waals surface area contributed by atoms with Crippen LogP contribution in [0.1, 0.15) is 18.4 Å². The van der Waals surface area contributed by atoms with Crippen molar-refractivity contribution < 1.29 is 14.3 Å². The number of furan rings is 1. The van der Waals surface area contributed by atoms with Gasteiger partial charge >= 0.3 is 6.03 Å². The number of amides is 2. The molecule has 3 rings (SSSR count). The fourth-order valence-corrected chi connectivity index (χ4v) is 2.99. The van der Waals surface area contributed by atoms with Crippen molar-refractivity contribution in [2.45, 2.75) is 19.4 Å². The van der Waals surface area contributed by atoms with Gasteiger partial charge in [0.1, 0.15) is 17.1 Å². The van der Waals surface area contributed by atoms with Crippen LogP contribution in [0.25, 0.3) is 10.2 Å². The van der Waals surface area contributed by atoms with Gasteiger partial charge in [-0.15, -0.1) is 0 Å². The van der Waals surface area contributed by atoms with Crippen LogP contribution in [-0.2, 0) is 5.60 Å². The van der Waals surface area contributed by atoms with Crippen LogP contribution in [0.15, 0.2) is 40.8 Å². The van der Waals surface area contributed by atoms with E-state index >= 15 is 0 Å². The van der Waals surface area contributed by atoms with Gasteiger partial charge in [-0.2, -0.15) is 0 Å². The van der Waals surface area contributed by atoms with Gasteiger partial charge in [-0.25, -0.2) is 9.78 Å². The van der Waals surface area contributed by atoms with Gasteiger partial charge in [-0.1, -0.05) is 23.5 Å². The summed E-state index contributed by atoms with van der Waals surface area (Å²) in [6.07, 6.45) is 0. The second-order valence-corrected chi connectivity index (χ2v) is 6.51. The molecule has 120 valence electrons. The lowest BCUT2D eigenvalue weighted by Crippen LogP contribution is -2.40. The van der Waals surface area contributed by atoms with Crippen molar-refractivity contribution in [1.29, 1.82) is 0 Å². The summed E-state index contributed by atoms with van der Waals surface area (Å²) in [6.45, 7) is 3.41. The van der Waals surface area contributed by atoms with Crippen LogP contribution in [0.5, 0.6) is 0 Å². The number of hydrogen-bond acceptors (Lipinski definition) is 5. The number of fused-ring (bicyclic) bond motifs is 1. The average Bonchev–Trinajstić information content (AvgIpc) is 3.11. The van der Waals surface area contributed by atoms with Crippen LogP contribution in [-0.4, -0.2) is 22.7 Å². The predicted octanol–water partition coefficient (Wildman–Crippen LogP) is 3.23. The Labute approximate surface area is 137 Å². The zero-order valence-corrected chi connectivity index (χ0v) is 13.6. The monoisotopic (exact) mass is 331 g/mol. The van der Waals surface area contributed by atoms with Crippen molar-refractivity contribution >= 4 is 32.7 Å². The van der Waals surface area contributed by atoms with E-state index < -0.39 is 11.6 Å². The van der Waals surface area contributed by atoms with Gasteiger partial charge < -0.3 is 14.8 Å². The van der Waals surface area contributed by atoms with Crippen LogP contribution < -0.4 is 10.6 Å². The molecule has 0 saturated carbocycles. The van der Waals surface area contributed by atoms with Gasteiger partial charge in [0.2, 0.25) is 0 Å². The molecule has 1 atom stereocenters. The van der Waals surface area contributed by atoms with Crippen LogP contribution in [0, 0.1) is 6.92 Å². The molecule has 2 aromatic heterocycles. The summed E-state index contributed by atoms with van der Waals surface area (Å²) in [5.74, 6) is 1.12. The average molecular weight is 331 g/mol. The van der Waals surface area contributed by atoms with E-state index in [4.69, 9.17) is 4.42 Å². The van der Waals surface area contributed by atoms with Gasteiger partial charge in [0.25, 0.3) is 0 Å². The second-order valence-electron chi connectivity index (χ2n) is 5.48. The van der Waals surface area contributed by atoms with Gasteiger partial charge in [0.05, 0.1) is 16.8 Å². The van der Waals surface area contributed by atoms with Gasteiger partial charge in [-0.05, 0) is 38.1 Å². The molecule has 0 aliphatic heterocycles. The number of urea groups is 1. The third-order valence-electron chi connectivity index (χ3n) is 3.38. The highest BCUT2D eigenvalue weighted by Crippen LogP contribution is 2.25. The molecule has 0 spiro atoms. The van der Waals surface area contributed by atoms with E-state index in [0.717, 1.165) is 10.2 Å². The number of benzene rings is 1. The molecular formula is C16H17N3O3S. The number of carbonyl (C=O) groups excluding carboxylic acids is 1. The lowest BCUT2D eigenvalue weighted by Gasteiger charge is -2.21. The molecule has 1 aromatic carbocycles. The van der Waals surface area contributed by atoms with Crippen molar-refractivity contribution in [3.63, 3.8) is 0 Å². The summed E-state index contributed by atoms with van der Waals surface area (Å²) in [5, 5.41) is 16.2. The van der Waals surface area contributed by atoms with Crippen molar-refractivity contribution in [3.8, 4) is 0 Å². The minimum atomic E-state index is -1.28. The van der Waals surface area contributed by atoms with Gasteiger partial charge in [0.15, 0.2) is 5.13 Å². The smallest absolute Gasteiger partial charge is 0.321 e. The van der Waals surface area contributed by atoms with E-state index in [2.05, 4.69) is 15.6 Å². The molecule has 3 aromatic rings. The number of aromatic nitrogens is 1. The fourth-order valence-electron chi connectivity index (χ4n) is 2.13. The highest BCUT2D eigenvalue weighted by Gasteiger charge is 2.27. The maximum atomic E-state index is 12.0. The number of anilines is 1. The molecule has 0 saturated heterocycles. The third kappa shape index (κ3) is 3.52. The quantitative estimate of drug-likeness (QED) is 0.685. The van der Waals surface area contributed by atoms with E-state index in [0.29, 0.717) is 16.7 Å². The van der Waals surface area contributed by atoms with Gasteiger partial charge in [0, 0.05) is 0 Å². The third-order valence-corrected chi connectivity index (χ3v) is 4.33. The molecule has 0 bridgehead atoms. The second kappa shape index (κ2) is 6.02. The molecule has 23 heavy (non-hydrogen) atoms. The first-order chi connectivity index (χ1) is 10.9. The number of para-hydroxylation sites is 1. The topological polar surface area (TPSA) is 87.4 Å². The normalized spacial score (nSPS) is 13.7. The van der Waals surface area contributed by atoms with Crippen LogP contribution in [0.3, 0.4) is 0 Å². The fraction of sp³-hybridized carbons (Fsp3) is 0.250. The highest BCUT2D eigenvalue weighted by atomic mass is 32.1. The zero-order chi connectivity index (χ0) is 16.4. The number of thiazole rings is 1. The summed E-state index contributed by atoms with van der Waals surface area (Å²) < 4.78 is 6.41. The molecule has 7 heteroatoms. The van der Waals surface area contributed by atoms with Gasteiger partial charge in [-0.3, -0.25) is 5.32 Å². The Balaban J connectivity index is 1.61. The molecule has 0 fully saturated rings. The number of aliphatic hydroxyl groups is 1. The first-order valence-electron chi connectivity index (χ1n) is 7.14. The Bertz CT molecular complexity index is 805. The number of nitrogens with zero attached hydrogens (tertiary/aromatic N) is 1. The van der Waals surface area contributed by atoms with Crippen molar-refractivity contribution in [2.24, 2.45) is 0 Å². The Hall–Kier alpha value is -2.38. The lowest BCUT2D eigenvalue weighted by atomic mass is 10.0. The van der Waals surface area contributed by atoms with E-state index in [1.54, 1.807) is 26.0 Å². The van der Waals surface area contributed by atoms with E-state index in [9.17, 15) is 9.90 Å². The van der Waals surface area contributed by atoms with Crippen LogP contribution in [0.4, 0.5) is 9.93 Å². The Morgan fingerprint density at radius 1 is 1.35 bits per heavy atom. The summed E-state index contributed by atoms with van der Waals surface area (Å²) in [7, 11) is 0. The standard InChI is InChI=1S/C16H17N3O3S/c1-10-7-8-13(22-10)16(2,21)9-17-14(20)19-15-18-11-5-3-4-6-12(11)23-15/h3-8,21H,9H2,1-2H3,(H2,17,18,19,20). The summed E-state index contributed by atoms with van der Waals surface area (Å²) in [6, 6.07) is 10.7. The number of carbonyl (C=O) groups is 1. The maximum Gasteiger partial charge on any atom is 0.321 e. The minimum Gasteiger partial charge on any atom is -0.463 e. The first kappa shape index (κ1) is 15.5. The molecule has 3 N–H and O–H groups in total. The minimum absolute atomic E-state index is 0.0245. The Morgan fingerprint density at radius 3 is 2.83 bits per heavy atom. The van der Waals surface area contributed by atoms with Crippen molar-refractivity contribution in [3.05, 3.63) is 47.9 Å². The SMILES string of the molecule is Cc1ccc(C(C)(O)CNC(=O)Nc2nc3ccccc3s2)o1. The largest absolute Gasteiger partial charge is 0.463 e. The Morgan fingerprint density at radius 2 is 2.13 bits per heavy atom. The van der Waals surface area contributed by atoms with Crippen LogP contribution in [0.2, 0.25) is 0 Å². The molecule has 0 aliphatic carbocycles. The first-order valence-corrected chi connectivity index (χ1v) is 7.95. The summed E-state index contributed by atoms with van der Waals surface area (Å²) >= 11 is 1.39. The number of rotatable bonds is 4. The molecular weight excluding hydrogens is 314 g/mol. The number of nitrogens with one attached hydrogen (secondary N) is 2. The molecule has 6 nitrogen and oxygen atoms in total. The zero-order valence-electron chi connectivity index (χ0n) is 12.8. The summed E-state index contributed by atoms with van der Waals surface area (Å²) in [5.41, 5.74) is -0.440. The number of hydrogen-bond donors (Lipinski definition) is 3. The molecule has 0 radical (unpaired) electrons. The predicted molar refractivity (Wildman–Crippen MR) is 89.7 cm³/mol. The molecule has 2 amide bonds. The van der Waals surface area contributed by atoms with Crippen LogP contribution >= 0.6 is 11.3 Å². The molecule has 1 unspecified atom stereocenters.